The summed E-state index contributed by atoms with van der Waals surface area (Å²) in [6, 6.07) is 14.5. The van der Waals surface area contributed by atoms with Crippen LogP contribution in [0.25, 0.3) is 10.9 Å². The van der Waals surface area contributed by atoms with Gasteiger partial charge in [0.15, 0.2) is 0 Å². The number of rotatable bonds is 6. The normalized spacial score (nSPS) is 16.6. The Morgan fingerprint density at radius 2 is 1.81 bits per heavy atom. The molecule has 27 heavy (non-hydrogen) atoms. The average Bonchev–Trinajstić information content (AvgIpc) is 3.15. The van der Waals surface area contributed by atoms with E-state index in [1.807, 2.05) is 42.6 Å². The molecule has 1 aromatic heterocycles. The Balaban J connectivity index is 1.23. The second-order valence-corrected chi connectivity index (χ2v) is 6.96. The number of hydrogen-bond donors (Lipinski definition) is 2. The van der Waals surface area contributed by atoms with Crippen molar-refractivity contribution in [2.45, 2.75) is 6.10 Å². The molecule has 2 N–H and O–H groups in total. The third-order valence-electron chi connectivity index (χ3n) is 5.00. The highest BCUT2D eigenvalue weighted by molar-refractivity contribution is 5.80. The molecule has 0 bridgehead atoms. The minimum absolute atomic E-state index is 0.212. The summed E-state index contributed by atoms with van der Waals surface area (Å²) in [6.45, 7) is 4.32. The Hall–Kier alpha value is -2.57. The Morgan fingerprint density at radius 1 is 1.04 bits per heavy atom. The molecular weight excluding hydrogens is 345 g/mol. The molecule has 142 valence electrons. The standard InChI is InChI=1S/C21H24FN3O2/c22-17-1-3-18(4-2-17)25-11-9-24(10-12-25)14-19(26)15-27-20-5-6-21-16(13-20)7-8-23-21/h1-8,13,19,23,26H,9-12,14-15H2/t19-/m0/s1. The van der Waals surface area contributed by atoms with Crippen molar-refractivity contribution in [2.75, 3.05) is 44.2 Å². The number of aliphatic hydroxyl groups is 1. The summed E-state index contributed by atoms with van der Waals surface area (Å²) in [6.07, 6.45) is 1.36. The van der Waals surface area contributed by atoms with Crippen molar-refractivity contribution in [3.63, 3.8) is 0 Å². The molecule has 1 saturated heterocycles. The fraction of sp³-hybridized carbons (Fsp3) is 0.333. The van der Waals surface area contributed by atoms with Crippen LogP contribution in [0.15, 0.2) is 54.7 Å². The first-order valence-corrected chi connectivity index (χ1v) is 9.28. The Labute approximate surface area is 158 Å². The van der Waals surface area contributed by atoms with E-state index in [0.717, 1.165) is 48.5 Å². The summed E-state index contributed by atoms with van der Waals surface area (Å²) in [7, 11) is 0. The Bertz CT molecular complexity index is 873. The number of halogens is 1. The molecule has 3 aromatic rings. The number of H-pyrrole nitrogens is 1. The maximum Gasteiger partial charge on any atom is 0.123 e. The van der Waals surface area contributed by atoms with Crippen LogP contribution in [0.1, 0.15) is 0 Å². The molecule has 0 saturated carbocycles. The molecule has 1 atom stereocenters. The van der Waals surface area contributed by atoms with Crippen LogP contribution in [-0.4, -0.2) is 60.4 Å². The minimum atomic E-state index is -0.538. The van der Waals surface area contributed by atoms with E-state index in [2.05, 4.69) is 14.8 Å². The molecule has 2 aromatic carbocycles. The van der Waals surface area contributed by atoms with Crippen LogP contribution in [0.4, 0.5) is 10.1 Å². The van der Waals surface area contributed by atoms with Gasteiger partial charge in [0.25, 0.3) is 0 Å². The van der Waals surface area contributed by atoms with E-state index in [-0.39, 0.29) is 12.4 Å². The van der Waals surface area contributed by atoms with E-state index in [1.54, 1.807) is 0 Å². The van der Waals surface area contributed by atoms with Crippen molar-refractivity contribution >= 4 is 16.6 Å². The number of β-amino-alcohol motifs (C(OH)–C–C–N with tert-alkyl or cyclic N) is 1. The second kappa shape index (κ2) is 7.98. The van der Waals surface area contributed by atoms with Gasteiger partial charge in [-0.15, -0.1) is 0 Å². The third kappa shape index (κ3) is 4.40. The topological polar surface area (TPSA) is 51.7 Å². The van der Waals surface area contributed by atoms with E-state index >= 15 is 0 Å². The molecule has 0 amide bonds. The predicted molar refractivity (Wildman–Crippen MR) is 105 cm³/mol. The van der Waals surface area contributed by atoms with Crippen LogP contribution in [0, 0.1) is 5.82 Å². The van der Waals surface area contributed by atoms with Crippen molar-refractivity contribution in [3.05, 3.63) is 60.5 Å². The number of aliphatic hydroxyl groups excluding tert-OH is 1. The van der Waals surface area contributed by atoms with Gasteiger partial charge < -0.3 is 19.7 Å². The van der Waals surface area contributed by atoms with Crippen LogP contribution in [0.5, 0.6) is 5.75 Å². The summed E-state index contributed by atoms with van der Waals surface area (Å²) in [5, 5.41) is 11.4. The van der Waals surface area contributed by atoms with Gasteiger partial charge in [-0.05, 0) is 48.5 Å². The number of aromatic nitrogens is 1. The molecule has 1 aliphatic rings. The lowest BCUT2D eigenvalue weighted by molar-refractivity contribution is 0.0663. The average molecular weight is 369 g/mol. The molecule has 2 heterocycles. The number of hydrogen-bond acceptors (Lipinski definition) is 4. The first-order chi connectivity index (χ1) is 13.2. The summed E-state index contributed by atoms with van der Waals surface area (Å²) in [4.78, 5) is 7.63. The van der Waals surface area contributed by atoms with Crippen molar-refractivity contribution < 1.29 is 14.2 Å². The van der Waals surface area contributed by atoms with Gasteiger partial charge >= 0.3 is 0 Å². The third-order valence-corrected chi connectivity index (χ3v) is 5.00. The lowest BCUT2D eigenvalue weighted by Crippen LogP contribution is -2.49. The zero-order valence-electron chi connectivity index (χ0n) is 15.1. The van der Waals surface area contributed by atoms with Crippen LogP contribution >= 0.6 is 0 Å². The number of aromatic amines is 1. The van der Waals surface area contributed by atoms with Gasteiger partial charge in [-0.1, -0.05) is 0 Å². The van der Waals surface area contributed by atoms with Gasteiger partial charge in [0.1, 0.15) is 24.3 Å². The van der Waals surface area contributed by atoms with Crippen LogP contribution in [0.2, 0.25) is 0 Å². The summed E-state index contributed by atoms with van der Waals surface area (Å²) in [5.41, 5.74) is 2.11. The first kappa shape index (κ1) is 17.8. The van der Waals surface area contributed by atoms with E-state index < -0.39 is 6.10 Å². The summed E-state index contributed by atoms with van der Waals surface area (Å²) >= 11 is 0. The van der Waals surface area contributed by atoms with Gasteiger partial charge in [0, 0.05) is 55.5 Å². The van der Waals surface area contributed by atoms with Crippen LogP contribution in [-0.2, 0) is 0 Å². The highest BCUT2D eigenvalue weighted by Gasteiger charge is 2.19. The molecule has 0 spiro atoms. The quantitative estimate of drug-likeness (QED) is 0.702. The molecule has 1 aliphatic heterocycles. The first-order valence-electron chi connectivity index (χ1n) is 9.28. The van der Waals surface area contributed by atoms with Gasteiger partial charge in [0.05, 0.1) is 0 Å². The zero-order chi connectivity index (χ0) is 18.6. The van der Waals surface area contributed by atoms with Gasteiger partial charge in [-0.25, -0.2) is 4.39 Å². The predicted octanol–water partition coefficient (Wildman–Crippen LogP) is 2.87. The van der Waals surface area contributed by atoms with E-state index in [4.69, 9.17) is 4.74 Å². The highest BCUT2D eigenvalue weighted by atomic mass is 19.1. The summed E-state index contributed by atoms with van der Waals surface area (Å²) in [5.74, 6) is 0.554. The van der Waals surface area contributed by atoms with Crippen molar-refractivity contribution in [3.8, 4) is 5.75 Å². The van der Waals surface area contributed by atoms with Crippen molar-refractivity contribution in [1.82, 2.24) is 9.88 Å². The molecule has 4 rings (SSSR count). The molecule has 0 radical (unpaired) electrons. The van der Waals surface area contributed by atoms with Crippen LogP contribution in [0.3, 0.4) is 0 Å². The lowest BCUT2D eigenvalue weighted by Gasteiger charge is -2.36. The molecule has 5 nitrogen and oxygen atoms in total. The van der Waals surface area contributed by atoms with E-state index in [1.165, 1.54) is 12.1 Å². The SMILES string of the molecule is O[C@H](COc1ccc2[nH]ccc2c1)CN1CCN(c2ccc(F)cc2)CC1. The maximum atomic E-state index is 13.0. The fourth-order valence-corrected chi connectivity index (χ4v) is 3.50. The fourth-order valence-electron chi connectivity index (χ4n) is 3.50. The maximum absolute atomic E-state index is 13.0. The van der Waals surface area contributed by atoms with Gasteiger partial charge in [-0.2, -0.15) is 0 Å². The molecule has 6 heteroatoms. The van der Waals surface area contributed by atoms with E-state index in [9.17, 15) is 9.50 Å². The molecular formula is C21H24FN3O2. The Kier molecular flexibility index (Phi) is 5.27. The Morgan fingerprint density at radius 3 is 2.59 bits per heavy atom. The zero-order valence-corrected chi connectivity index (χ0v) is 15.1. The van der Waals surface area contributed by atoms with Crippen molar-refractivity contribution in [2.24, 2.45) is 0 Å². The second-order valence-electron chi connectivity index (χ2n) is 6.96. The number of piperazine rings is 1. The minimum Gasteiger partial charge on any atom is -0.491 e. The number of nitrogens with zero attached hydrogens (tertiary/aromatic N) is 2. The highest BCUT2D eigenvalue weighted by Crippen LogP contribution is 2.20. The number of ether oxygens (including phenoxy) is 1. The smallest absolute Gasteiger partial charge is 0.123 e. The van der Waals surface area contributed by atoms with E-state index in [0.29, 0.717) is 6.54 Å². The molecule has 0 unspecified atom stereocenters. The number of benzene rings is 2. The van der Waals surface area contributed by atoms with Gasteiger partial charge in [0.2, 0.25) is 0 Å². The lowest BCUT2D eigenvalue weighted by atomic mass is 10.2. The number of nitrogens with one attached hydrogen (secondary N) is 1. The summed E-state index contributed by atoms with van der Waals surface area (Å²) < 4.78 is 18.8. The van der Waals surface area contributed by atoms with Crippen molar-refractivity contribution in [1.29, 1.82) is 0 Å². The monoisotopic (exact) mass is 369 g/mol. The largest absolute Gasteiger partial charge is 0.491 e. The van der Waals surface area contributed by atoms with Crippen LogP contribution < -0.4 is 9.64 Å². The molecule has 0 aliphatic carbocycles. The van der Waals surface area contributed by atoms with Gasteiger partial charge in [-0.3, -0.25) is 4.90 Å². The molecule has 1 fully saturated rings. The number of anilines is 1. The number of fused-ring (bicyclic) bond motifs is 1.